The van der Waals surface area contributed by atoms with Gasteiger partial charge < -0.3 is 9.73 Å². The van der Waals surface area contributed by atoms with Gasteiger partial charge in [-0.1, -0.05) is 6.92 Å². The lowest BCUT2D eigenvalue weighted by atomic mass is 9.99. The van der Waals surface area contributed by atoms with Crippen LogP contribution in [0.1, 0.15) is 31.1 Å². The Labute approximate surface area is 97.8 Å². The third kappa shape index (κ3) is 2.86. The quantitative estimate of drug-likeness (QED) is 0.847. The van der Waals surface area contributed by atoms with Gasteiger partial charge in [-0.2, -0.15) is 0 Å². The third-order valence-electron chi connectivity index (χ3n) is 3.45. The van der Waals surface area contributed by atoms with Crippen molar-refractivity contribution in [1.82, 2.24) is 10.2 Å². The number of piperidine rings is 1. The average Bonchev–Trinajstić information content (AvgIpc) is 2.70. The fraction of sp³-hybridized carbons (Fsp3) is 0.692. The van der Waals surface area contributed by atoms with Crippen molar-refractivity contribution in [3.05, 3.63) is 23.7 Å². The van der Waals surface area contributed by atoms with Crippen LogP contribution in [-0.2, 0) is 13.1 Å². The van der Waals surface area contributed by atoms with E-state index in [4.69, 9.17) is 4.42 Å². The molecule has 3 heteroatoms. The molecule has 0 saturated carbocycles. The highest BCUT2D eigenvalue weighted by atomic mass is 16.3. The van der Waals surface area contributed by atoms with Crippen LogP contribution >= 0.6 is 0 Å². The van der Waals surface area contributed by atoms with Gasteiger partial charge in [-0.15, -0.1) is 0 Å². The summed E-state index contributed by atoms with van der Waals surface area (Å²) in [6, 6.07) is 2.10. The summed E-state index contributed by atoms with van der Waals surface area (Å²) in [7, 11) is 1.95. The highest BCUT2D eigenvalue weighted by Crippen LogP contribution is 2.20. The zero-order valence-corrected chi connectivity index (χ0v) is 10.3. The Bertz CT molecular complexity index is 313. The highest BCUT2D eigenvalue weighted by molar-refractivity contribution is 5.16. The van der Waals surface area contributed by atoms with E-state index < -0.39 is 0 Å². The average molecular weight is 222 g/mol. The molecule has 1 aromatic rings. The summed E-state index contributed by atoms with van der Waals surface area (Å²) >= 11 is 0. The number of nitrogens with one attached hydrogen (secondary N) is 1. The topological polar surface area (TPSA) is 28.4 Å². The first kappa shape index (κ1) is 11.7. The van der Waals surface area contributed by atoms with Crippen molar-refractivity contribution in [2.24, 2.45) is 5.92 Å². The molecule has 1 aromatic heterocycles. The summed E-state index contributed by atoms with van der Waals surface area (Å²) in [4.78, 5) is 2.53. The van der Waals surface area contributed by atoms with Crippen molar-refractivity contribution in [2.45, 2.75) is 32.9 Å². The molecule has 0 atom stereocenters. The molecule has 1 aliphatic heterocycles. The first-order chi connectivity index (χ1) is 7.79. The Morgan fingerprint density at radius 2 is 2.19 bits per heavy atom. The summed E-state index contributed by atoms with van der Waals surface area (Å²) in [5.41, 5.74) is 1.34. The predicted molar refractivity (Wildman–Crippen MR) is 65.1 cm³/mol. The van der Waals surface area contributed by atoms with Crippen molar-refractivity contribution < 1.29 is 4.42 Å². The molecule has 1 N–H and O–H groups in total. The molecule has 0 radical (unpaired) electrons. The van der Waals surface area contributed by atoms with Gasteiger partial charge in [-0.25, -0.2) is 0 Å². The smallest absolute Gasteiger partial charge is 0.122 e. The molecule has 0 aromatic carbocycles. The Hall–Kier alpha value is -0.800. The van der Waals surface area contributed by atoms with E-state index in [0.29, 0.717) is 0 Å². The molecule has 2 rings (SSSR count). The van der Waals surface area contributed by atoms with E-state index in [1.54, 1.807) is 6.26 Å². The lowest BCUT2D eigenvalue weighted by molar-refractivity contribution is 0.184. The van der Waals surface area contributed by atoms with E-state index in [-0.39, 0.29) is 0 Å². The second-order valence-electron chi connectivity index (χ2n) is 4.86. The van der Waals surface area contributed by atoms with Crippen molar-refractivity contribution in [3.8, 4) is 0 Å². The zero-order chi connectivity index (χ0) is 11.4. The first-order valence-corrected chi connectivity index (χ1v) is 6.22. The van der Waals surface area contributed by atoms with Gasteiger partial charge in [0, 0.05) is 12.1 Å². The molecule has 1 aliphatic rings. The van der Waals surface area contributed by atoms with Crippen LogP contribution in [0.4, 0.5) is 0 Å². The van der Waals surface area contributed by atoms with Gasteiger partial charge in [0.15, 0.2) is 0 Å². The maximum Gasteiger partial charge on any atom is 0.122 e. The predicted octanol–water partition coefficient (Wildman–Crippen LogP) is 2.23. The summed E-state index contributed by atoms with van der Waals surface area (Å²) in [6.07, 6.45) is 4.47. The summed E-state index contributed by atoms with van der Waals surface area (Å²) < 4.78 is 5.48. The molecule has 0 bridgehead atoms. The van der Waals surface area contributed by atoms with Gasteiger partial charge >= 0.3 is 0 Å². The van der Waals surface area contributed by atoms with Gasteiger partial charge in [0.1, 0.15) is 5.76 Å². The Balaban J connectivity index is 1.90. The SMILES string of the molecule is CNCc1occc1CN1CCC(C)CC1. The Morgan fingerprint density at radius 1 is 1.44 bits per heavy atom. The zero-order valence-electron chi connectivity index (χ0n) is 10.3. The molecule has 2 heterocycles. The van der Waals surface area contributed by atoms with Crippen LogP contribution in [0.5, 0.6) is 0 Å². The molecule has 0 spiro atoms. The van der Waals surface area contributed by atoms with Crippen LogP contribution in [0, 0.1) is 5.92 Å². The summed E-state index contributed by atoms with van der Waals surface area (Å²) in [5.74, 6) is 1.98. The summed E-state index contributed by atoms with van der Waals surface area (Å²) in [5, 5.41) is 3.14. The largest absolute Gasteiger partial charge is 0.468 e. The van der Waals surface area contributed by atoms with E-state index in [0.717, 1.165) is 24.8 Å². The maximum atomic E-state index is 5.48. The van der Waals surface area contributed by atoms with Crippen LogP contribution in [0.3, 0.4) is 0 Å². The molecule has 0 aliphatic carbocycles. The van der Waals surface area contributed by atoms with Gasteiger partial charge in [0.25, 0.3) is 0 Å². The molecule has 90 valence electrons. The molecular weight excluding hydrogens is 200 g/mol. The lowest BCUT2D eigenvalue weighted by Gasteiger charge is -2.30. The number of likely N-dealkylation sites (tertiary alicyclic amines) is 1. The fourth-order valence-electron chi connectivity index (χ4n) is 2.28. The minimum atomic E-state index is 0.826. The molecule has 1 saturated heterocycles. The second kappa shape index (κ2) is 5.51. The second-order valence-corrected chi connectivity index (χ2v) is 4.86. The standard InChI is InChI=1S/C13H22N2O/c1-11-3-6-15(7-4-11)10-12-5-8-16-13(12)9-14-2/h5,8,11,14H,3-4,6-7,9-10H2,1-2H3. The number of hydrogen-bond donors (Lipinski definition) is 1. The van der Waals surface area contributed by atoms with E-state index in [9.17, 15) is 0 Å². The van der Waals surface area contributed by atoms with E-state index in [2.05, 4.69) is 23.2 Å². The number of nitrogens with zero attached hydrogens (tertiary/aromatic N) is 1. The van der Waals surface area contributed by atoms with Crippen LogP contribution in [0.15, 0.2) is 16.7 Å². The van der Waals surface area contributed by atoms with Crippen LogP contribution in [0.25, 0.3) is 0 Å². The van der Waals surface area contributed by atoms with Crippen LogP contribution in [0.2, 0.25) is 0 Å². The van der Waals surface area contributed by atoms with Crippen molar-refractivity contribution >= 4 is 0 Å². The van der Waals surface area contributed by atoms with E-state index >= 15 is 0 Å². The minimum Gasteiger partial charge on any atom is -0.468 e. The first-order valence-electron chi connectivity index (χ1n) is 6.22. The third-order valence-corrected chi connectivity index (χ3v) is 3.45. The van der Waals surface area contributed by atoms with Gasteiger partial charge in [0.2, 0.25) is 0 Å². The van der Waals surface area contributed by atoms with E-state index in [1.165, 1.54) is 31.5 Å². The highest BCUT2D eigenvalue weighted by Gasteiger charge is 2.17. The number of furan rings is 1. The lowest BCUT2D eigenvalue weighted by Crippen LogP contribution is -2.32. The number of hydrogen-bond acceptors (Lipinski definition) is 3. The van der Waals surface area contributed by atoms with Gasteiger partial charge in [-0.3, -0.25) is 4.90 Å². The fourth-order valence-corrected chi connectivity index (χ4v) is 2.28. The normalized spacial score (nSPS) is 19.1. The molecular formula is C13H22N2O. The minimum absolute atomic E-state index is 0.826. The Kier molecular flexibility index (Phi) is 4.02. The number of rotatable bonds is 4. The monoisotopic (exact) mass is 222 g/mol. The van der Waals surface area contributed by atoms with Gasteiger partial charge in [-0.05, 0) is 45.0 Å². The van der Waals surface area contributed by atoms with Crippen molar-refractivity contribution in [2.75, 3.05) is 20.1 Å². The van der Waals surface area contributed by atoms with Crippen LogP contribution < -0.4 is 5.32 Å². The van der Waals surface area contributed by atoms with Crippen molar-refractivity contribution in [3.63, 3.8) is 0 Å². The molecule has 1 fully saturated rings. The van der Waals surface area contributed by atoms with Crippen LogP contribution in [-0.4, -0.2) is 25.0 Å². The maximum absolute atomic E-state index is 5.48. The Morgan fingerprint density at radius 3 is 2.88 bits per heavy atom. The molecule has 0 amide bonds. The summed E-state index contributed by atoms with van der Waals surface area (Å²) in [6.45, 7) is 6.67. The van der Waals surface area contributed by atoms with Gasteiger partial charge in [0.05, 0.1) is 12.8 Å². The molecule has 3 nitrogen and oxygen atoms in total. The molecule has 16 heavy (non-hydrogen) atoms. The van der Waals surface area contributed by atoms with E-state index in [1.807, 2.05) is 7.05 Å². The molecule has 0 unspecified atom stereocenters. The van der Waals surface area contributed by atoms with Crippen molar-refractivity contribution in [1.29, 1.82) is 0 Å².